The standard InChI is InChI=1S/C7H4F3N3O/c8-7(9,10)4-3-13-2-1-11-5(13)6(14)12-4/h1-3H,(H,12,14). The third kappa shape index (κ3) is 1.26. The van der Waals surface area contributed by atoms with E-state index >= 15 is 0 Å². The van der Waals surface area contributed by atoms with Crippen molar-refractivity contribution in [2.45, 2.75) is 6.18 Å². The van der Waals surface area contributed by atoms with Gasteiger partial charge in [-0.05, 0) is 0 Å². The van der Waals surface area contributed by atoms with E-state index in [1.807, 2.05) is 0 Å². The number of nitrogens with zero attached hydrogens (tertiary/aromatic N) is 2. The predicted molar refractivity (Wildman–Crippen MR) is 40.8 cm³/mol. The van der Waals surface area contributed by atoms with Crippen LogP contribution in [0.4, 0.5) is 13.2 Å². The van der Waals surface area contributed by atoms with Crippen LogP contribution >= 0.6 is 0 Å². The molecule has 4 nitrogen and oxygen atoms in total. The van der Waals surface area contributed by atoms with Crippen molar-refractivity contribution in [2.24, 2.45) is 0 Å². The summed E-state index contributed by atoms with van der Waals surface area (Å²) in [6.07, 6.45) is -1.24. The Labute approximate surface area is 75.0 Å². The van der Waals surface area contributed by atoms with Crippen LogP contribution in [0.2, 0.25) is 0 Å². The highest BCUT2D eigenvalue weighted by molar-refractivity contribution is 5.35. The molecule has 0 radical (unpaired) electrons. The van der Waals surface area contributed by atoms with Crippen molar-refractivity contribution in [2.75, 3.05) is 0 Å². The van der Waals surface area contributed by atoms with E-state index < -0.39 is 17.4 Å². The molecule has 2 rings (SSSR count). The SMILES string of the molecule is O=c1[nH]c(C(F)(F)F)cn2ccnc12. The second-order valence-electron chi connectivity index (χ2n) is 2.65. The first-order valence-electron chi connectivity index (χ1n) is 3.61. The number of aromatic nitrogens is 3. The number of nitrogens with one attached hydrogen (secondary N) is 1. The van der Waals surface area contributed by atoms with Gasteiger partial charge in [0.1, 0.15) is 5.69 Å². The number of H-pyrrole nitrogens is 1. The van der Waals surface area contributed by atoms with Crippen LogP contribution in [0.25, 0.3) is 5.65 Å². The van der Waals surface area contributed by atoms with Gasteiger partial charge in [0, 0.05) is 18.6 Å². The number of alkyl halides is 3. The van der Waals surface area contributed by atoms with Crippen molar-refractivity contribution < 1.29 is 13.2 Å². The van der Waals surface area contributed by atoms with Gasteiger partial charge in [-0.15, -0.1) is 0 Å². The molecule has 0 unspecified atom stereocenters. The molecule has 0 aliphatic heterocycles. The Kier molecular flexibility index (Phi) is 1.63. The quantitative estimate of drug-likeness (QED) is 0.695. The maximum Gasteiger partial charge on any atom is 0.432 e. The normalized spacial score (nSPS) is 12.2. The van der Waals surface area contributed by atoms with Crippen molar-refractivity contribution in [3.63, 3.8) is 0 Å². The van der Waals surface area contributed by atoms with Crippen LogP contribution in [0.1, 0.15) is 5.69 Å². The van der Waals surface area contributed by atoms with Crippen LogP contribution < -0.4 is 5.56 Å². The van der Waals surface area contributed by atoms with Gasteiger partial charge in [-0.2, -0.15) is 13.2 Å². The Bertz CT molecular complexity index is 525. The minimum absolute atomic E-state index is 0.0574. The summed E-state index contributed by atoms with van der Waals surface area (Å²) in [5.41, 5.74) is -2.00. The fourth-order valence-corrected chi connectivity index (χ4v) is 1.09. The number of hydrogen-bond donors (Lipinski definition) is 1. The maximum absolute atomic E-state index is 12.2. The number of aromatic amines is 1. The minimum Gasteiger partial charge on any atom is -0.314 e. The van der Waals surface area contributed by atoms with Crippen LogP contribution in [0.15, 0.2) is 23.4 Å². The minimum atomic E-state index is -4.56. The number of hydrogen-bond acceptors (Lipinski definition) is 2. The highest BCUT2D eigenvalue weighted by atomic mass is 19.4. The molecule has 0 fully saturated rings. The molecule has 14 heavy (non-hydrogen) atoms. The van der Waals surface area contributed by atoms with E-state index in [1.165, 1.54) is 12.4 Å². The molecule has 0 atom stereocenters. The Morgan fingerprint density at radius 3 is 2.79 bits per heavy atom. The van der Waals surface area contributed by atoms with Gasteiger partial charge in [0.2, 0.25) is 5.65 Å². The highest BCUT2D eigenvalue weighted by Gasteiger charge is 2.32. The lowest BCUT2D eigenvalue weighted by molar-refractivity contribution is -0.141. The maximum atomic E-state index is 12.2. The fraction of sp³-hybridized carbons (Fsp3) is 0.143. The number of fused-ring (bicyclic) bond motifs is 1. The molecule has 1 N–H and O–H groups in total. The van der Waals surface area contributed by atoms with E-state index in [-0.39, 0.29) is 5.65 Å². The number of halogens is 3. The van der Waals surface area contributed by atoms with Crippen LogP contribution in [0.5, 0.6) is 0 Å². The molecule has 2 aromatic rings. The average Bonchev–Trinajstić information content (AvgIpc) is 2.50. The van der Waals surface area contributed by atoms with Gasteiger partial charge in [0.15, 0.2) is 0 Å². The largest absolute Gasteiger partial charge is 0.432 e. The molecule has 7 heteroatoms. The second-order valence-corrected chi connectivity index (χ2v) is 2.65. The molecular formula is C7H4F3N3O. The Balaban J connectivity index is 2.77. The summed E-state index contributed by atoms with van der Waals surface area (Å²) in [6, 6.07) is 0. The zero-order chi connectivity index (χ0) is 10.3. The Morgan fingerprint density at radius 1 is 1.43 bits per heavy atom. The van der Waals surface area contributed by atoms with E-state index in [9.17, 15) is 18.0 Å². The van der Waals surface area contributed by atoms with Crippen LogP contribution in [-0.4, -0.2) is 14.4 Å². The van der Waals surface area contributed by atoms with E-state index in [4.69, 9.17) is 0 Å². The molecule has 0 aliphatic carbocycles. The summed E-state index contributed by atoms with van der Waals surface area (Å²) in [5.74, 6) is 0. The fourth-order valence-electron chi connectivity index (χ4n) is 1.09. The third-order valence-corrected chi connectivity index (χ3v) is 1.69. The van der Waals surface area contributed by atoms with Crippen LogP contribution in [0, 0.1) is 0 Å². The molecule has 0 aromatic carbocycles. The van der Waals surface area contributed by atoms with E-state index in [1.54, 1.807) is 4.98 Å². The molecule has 0 amide bonds. The van der Waals surface area contributed by atoms with Gasteiger partial charge < -0.3 is 9.38 Å². The highest BCUT2D eigenvalue weighted by Crippen LogP contribution is 2.26. The monoisotopic (exact) mass is 203 g/mol. The van der Waals surface area contributed by atoms with Gasteiger partial charge in [-0.1, -0.05) is 0 Å². The van der Waals surface area contributed by atoms with Crippen molar-refractivity contribution in [3.05, 3.63) is 34.6 Å². The topological polar surface area (TPSA) is 50.2 Å². The lowest BCUT2D eigenvalue weighted by Gasteiger charge is -2.05. The molecule has 0 aliphatic rings. The summed E-state index contributed by atoms with van der Waals surface area (Å²) in [4.78, 5) is 16.4. The molecule has 0 saturated heterocycles. The predicted octanol–water partition coefficient (Wildman–Crippen LogP) is 1.04. The molecule has 0 saturated carbocycles. The summed E-state index contributed by atoms with van der Waals surface area (Å²) in [7, 11) is 0. The van der Waals surface area contributed by atoms with Gasteiger partial charge in [-0.3, -0.25) is 4.79 Å². The lowest BCUT2D eigenvalue weighted by Crippen LogP contribution is -2.18. The second kappa shape index (κ2) is 2.60. The third-order valence-electron chi connectivity index (χ3n) is 1.69. The molecule has 74 valence electrons. The Morgan fingerprint density at radius 2 is 2.14 bits per heavy atom. The van der Waals surface area contributed by atoms with Gasteiger partial charge >= 0.3 is 6.18 Å². The number of rotatable bonds is 0. The van der Waals surface area contributed by atoms with Gasteiger partial charge in [-0.25, -0.2) is 4.98 Å². The van der Waals surface area contributed by atoms with E-state index in [0.29, 0.717) is 0 Å². The average molecular weight is 203 g/mol. The van der Waals surface area contributed by atoms with Crippen LogP contribution in [-0.2, 0) is 6.18 Å². The molecule has 0 bridgehead atoms. The van der Waals surface area contributed by atoms with Crippen molar-refractivity contribution in [3.8, 4) is 0 Å². The smallest absolute Gasteiger partial charge is 0.314 e. The molecule has 2 heterocycles. The first kappa shape index (κ1) is 8.79. The summed E-state index contributed by atoms with van der Waals surface area (Å²) in [6.45, 7) is 0. The van der Waals surface area contributed by atoms with Gasteiger partial charge in [0.25, 0.3) is 5.56 Å². The molecule has 0 spiro atoms. The number of imidazole rings is 1. The van der Waals surface area contributed by atoms with E-state index in [2.05, 4.69) is 4.98 Å². The first-order chi connectivity index (χ1) is 6.48. The summed E-state index contributed by atoms with van der Waals surface area (Å²) in [5, 5.41) is 0. The Hall–Kier alpha value is -1.79. The lowest BCUT2D eigenvalue weighted by atomic mass is 10.4. The summed E-state index contributed by atoms with van der Waals surface area (Å²) < 4.78 is 37.6. The van der Waals surface area contributed by atoms with Gasteiger partial charge in [0.05, 0.1) is 0 Å². The van der Waals surface area contributed by atoms with Crippen molar-refractivity contribution in [1.82, 2.24) is 14.4 Å². The van der Waals surface area contributed by atoms with Crippen molar-refractivity contribution in [1.29, 1.82) is 0 Å². The first-order valence-corrected chi connectivity index (χ1v) is 3.61. The molecular weight excluding hydrogens is 199 g/mol. The summed E-state index contributed by atoms with van der Waals surface area (Å²) >= 11 is 0. The zero-order valence-corrected chi connectivity index (χ0v) is 6.67. The zero-order valence-electron chi connectivity index (χ0n) is 6.67. The van der Waals surface area contributed by atoms with E-state index in [0.717, 1.165) is 10.6 Å². The molecule has 2 aromatic heterocycles. The van der Waals surface area contributed by atoms with Crippen molar-refractivity contribution >= 4 is 5.65 Å². The van der Waals surface area contributed by atoms with Crippen LogP contribution in [0.3, 0.4) is 0 Å².